The van der Waals surface area contributed by atoms with Gasteiger partial charge in [0.1, 0.15) is 0 Å². The summed E-state index contributed by atoms with van der Waals surface area (Å²) in [5.74, 6) is 0. The van der Waals surface area contributed by atoms with Crippen LogP contribution in [0.2, 0.25) is 0 Å². The van der Waals surface area contributed by atoms with Crippen LogP contribution in [0.3, 0.4) is 0 Å². The van der Waals surface area contributed by atoms with Crippen LogP contribution in [0.15, 0.2) is 40.9 Å². The second-order valence-corrected chi connectivity index (χ2v) is 6.41. The van der Waals surface area contributed by atoms with Gasteiger partial charge >= 0.3 is 0 Å². The molecule has 1 aromatic carbocycles. The van der Waals surface area contributed by atoms with Gasteiger partial charge in [0.15, 0.2) is 0 Å². The fourth-order valence-electron chi connectivity index (χ4n) is 1.39. The quantitative estimate of drug-likeness (QED) is 0.875. The molecule has 96 valence electrons. The molecular formula is C11H13N3O2S2. The molecule has 0 unspecified atom stereocenters. The van der Waals surface area contributed by atoms with Crippen LogP contribution in [0.4, 0.5) is 5.69 Å². The van der Waals surface area contributed by atoms with Gasteiger partial charge in [0, 0.05) is 16.8 Å². The van der Waals surface area contributed by atoms with Crippen LogP contribution in [0.1, 0.15) is 4.88 Å². The maximum Gasteiger partial charge on any atom is 0.240 e. The molecule has 5 nitrogen and oxygen atoms in total. The summed E-state index contributed by atoms with van der Waals surface area (Å²) in [5, 5.41) is 3.20. The summed E-state index contributed by atoms with van der Waals surface area (Å²) >= 11 is 1.57. The van der Waals surface area contributed by atoms with E-state index in [2.05, 4.69) is 15.0 Å². The minimum atomic E-state index is -3.36. The second kappa shape index (κ2) is 5.47. The van der Waals surface area contributed by atoms with E-state index in [4.69, 9.17) is 0 Å². The molecule has 1 aromatic heterocycles. The summed E-state index contributed by atoms with van der Waals surface area (Å²) in [7, 11) is -1.96. The predicted molar refractivity (Wildman–Crippen MR) is 72.1 cm³/mol. The van der Waals surface area contributed by atoms with Gasteiger partial charge in [-0.05, 0) is 31.3 Å². The van der Waals surface area contributed by atoms with E-state index < -0.39 is 10.0 Å². The molecule has 0 amide bonds. The van der Waals surface area contributed by atoms with Crippen molar-refractivity contribution in [2.75, 3.05) is 12.4 Å². The third-order valence-corrected chi connectivity index (χ3v) is 4.59. The first-order chi connectivity index (χ1) is 8.62. The molecule has 0 radical (unpaired) electrons. The smallest absolute Gasteiger partial charge is 0.240 e. The van der Waals surface area contributed by atoms with E-state index in [-0.39, 0.29) is 4.90 Å². The lowest BCUT2D eigenvalue weighted by Gasteiger charge is -2.06. The number of nitrogens with one attached hydrogen (secondary N) is 2. The molecule has 1 heterocycles. The Morgan fingerprint density at radius 2 is 2.00 bits per heavy atom. The lowest BCUT2D eigenvalue weighted by atomic mass is 10.3. The van der Waals surface area contributed by atoms with Crippen LogP contribution in [0.5, 0.6) is 0 Å². The van der Waals surface area contributed by atoms with Crippen LogP contribution in [0.25, 0.3) is 0 Å². The molecule has 2 N–H and O–H groups in total. The third-order valence-electron chi connectivity index (χ3n) is 2.38. The summed E-state index contributed by atoms with van der Waals surface area (Å²) in [4.78, 5) is 5.37. The van der Waals surface area contributed by atoms with Crippen molar-refractivity contribution in [3.05, 3.63) is 40.8 Å². The van der Waals surface area contributed by atoms with Crippen LogP contribution >= 0.6 is 11.3 Å². The number of benzene rings is 1. The van der Waals surface area contributed by atoms with Gasteiger partial charge in [-0.3, -0.25) is 4.98 Å². The Balaban J connectivity index is 2.04. The van der Waals surface area contributed by atoms with E-state index in [1.54, 1.807) is 47.3 Å². The van der Waals surface area contributed by atoms with Crippen molar-refractivity contribution in [3.8, 4) is 0 Å². The van der Waals surface area contributed by atoms with E-state index in [9.17, 15) is 8.42 Å². The van der Waals surface area contributed by atoms with Crippen LogP contribution < -0.4 is 10.0 Å². The largest absolute Gasteiger partial charge is 0.380 e. The van der Waals surface area contributed by atoms with E-state index in [1.165, 1.54) is 7.05 Å². The van der Waals surface area contributed by atoms with E-state index in [0.717, 1.165) is 10.6 Å². The van der Waals surface area contributed by atoms with Crippen molar-refractivity contribution in [1.29, 1.82) is 0 Å². The van der Waals surface area contributed by atoms with E-state index in [1.807, 2.05) is 0 Å². The molecule has 7 heteroatoms. The van der Waals surface area contributed by atoms with Gasteiger partial charge in [-0.25, -0.2) is 13.1 Å². The Kier molecular flexibility index (Phi) is 3.95. The van der Waals surface area contributed by atoms with E-state index in [0.29, 0.717) is 6.54 Å². The molecule has 0 fully saturated rings. The topological polar surface area (TPSA) is 71.1 Å². The number of sulfonamides is 1. The third kappa shape index (κ3) is 3.06. The lowest BCUT2D eigenvalue weighted by molar-refractivity contribution is 0.588. The van der Waals surface area contributed by atoms with Gasteiger partial charge in [0.05, 0.1) is 17.0 Å². The number of aromatic nitrogens is 1. The fourth-order valence-corrected chi connectivity index (χ4v) is 2.65. The number of rotatable bonds is 5. The zero-order valence-corrected chi connectivity index (χ0v) is 11.4. The average molecular weight is 283 g/mol. The Bertz CT molecular complexity index is 592. The van der Waals surface area contributed by atoms with Gasteiger partial charge in [0.2, 0.25) is 10.0 Å². The molecule has 0 aliphatic heterocycles. The zero-order valence-electron chi connectivity index (χ0n) is 9.75. The average Bonchev–Trinajstić information content (AvgIpc) is 2.90. The van der Waals surface area contributed by atoms with Gasteiger partial charge < -0.3 is 5.32 Å². The van der Waals surface area contributed by atoms with Crippen LogP contribution in [-0.4, -0.2) is 20.4 Å². The molecule has 0 aliphatic carbocycles. The van der Waals surface area contributed by atoms with E-state index >= 15 is 0 Å². The SMILES string of the molecule is CNS(=O)(=O)c1ccc(NCc2cncs2)cc1. The van der Waals surface area contributed by atoms with Crippen LogP contribution in [-0.2, 0) is 16.6 Å². The van der Waals surface area contributed by atoms with Crippen molar-refractivity contribution in [2.24, 2.45) is 0 Å². The van der Waals surface area contributed by atoms with Crippen molar-refractivity contribution in [2.45, 2.75) is 11.4 Å². The van der Waals surface area contributed by atoms with Gasteiger partial charge in [-0.1, -0.05) is 0 Å². The molecule has 0 saturated heterocycles. The zero-order chi connectivity index (χ0) is 13.0. The first-order valence-corrected chi connectivity index (χ1v) is 7.63. The molecule has 18 heavy (non-hydrogen) atoms. The highest BCUT2D eigenvalue weighted by molar-refractivity contribution is 7.89. The highest BCUT2D eigenvalue weighted by Crippen LogP contribution is 2.15. The number of hydrogen-bond acceptors (Lipinski definition) is 5. The number of nitrogens with zero attached hydrogens (tertiary/aromatic N) is 1. The second-order valence-electron chi connectivity index (χ2n) is 3.55. The maximum absolute atomic E-state index is 11.5. The minimum absolute atomic E-state index is 0.258. The molecule has 0 bridgehead atoms. The van der Waals surface area contributed by atoms with Crippen molar-refractivity contribution >= 4 is 27.0 Å². The van der Waals surface area contributed by atoms with Crippen molar-refractivity contribution in [1.82, 2.24) is 9.71 Å². The first kappa shape index (κ1) is 13.0. The molecule has 0 spiro atoms. The van der Waals surface area contributed by atoms with Crippen LogP contribution in [0, 0.1) is 0 Å². The number of thiazole rings is 1. The normalized spacial score (nSPS) is 11.4. The summed E-state index contributed by atoms with van der Waals surface area (Å²) < 4.78 is 25.3. The standard InChI is InChI=1S/C11H13N3O2S2/c1-12-18(15,16)11-4-2-9(3-5-11)14-7-10-6-13-8-17-10/h2-6,8,12,14H,7H2,1H3. The summed E-state index contributed by atoms with van der Waals surface area (Å²) in [6.45, 7) is 0.683. The molecular weight excluding hydrogens is 270 g/mol. The minimum Gasteiger partial charge on any atom is -0.380 e. The predicted octanol–water partition coefficient (Wildman–Crippen LogP) is 1.66. The Morgan fingerprint density at radius 3 is 2.56 bits per heavy atom. The highest BCUT2D eigenvalue weighted by Gasteiger charge is 2.10. The molecule has 0 aliphatic rings. The Morgan fingerprint density at radius 1 is 1.28 bits per heavy atom. The monoisotopic (exact) mass is 283 g/mol. The highest BCUT2D eigenvalue weighted by atomic mass is 32.2. The Labute approximate surface area is 110 Å². The lowest BCUT2D eigenvalue weighted by Crippen LogP contribution is -2.18. The first-order valence-electron chi connectivity index (χ1n) is 5.26. The van der Waals surface area contributed by atoms with Gasteiger partial charge in [-0.2, -0.15) is 0 Å². The summed E-state index contributed by atoms with van der Waals surface area (Å²) in [6, 6.07) is 6.62. The summed E-state index contributed by atoms with van der Waals surface area (Å²) in [6.07, 6.45) is 1.80. The number of hydrogen-bond donors (Lipinski definition) is 2. The fraction of sp³-hybridized carbons (Fsp3) is 0.182. The number of anilines is 1. The van der Waals surface area contributed by atoms with Crippen molar-refractivity contribution < 1.29 is 8.42 Å². The van der Waals surface area contributed by atoms with Gasteiger partial charge in [-0.15, -0.1) is 11.3 Å². The molecule has 2 aromatic rings. The molecule has 0 saturated carbocycles. The summed E-state index contributed by atoms with van der Waals surface area (Å²) in [5.41, 5.74) is 2.65. The Hall–Kier alpha value is -1.44. The van der Waals surface area contributed by atoms with Gasteiger partial charge in [0.25, 0.3) is 0 Å². The maximum atomic E-state index is 11.5. The van der Waals surface area contributed by atoms with Crippen molar-refractivity contribution in [3.63, 3.8) is 0 Å². The molecule has 0 atom stereocenters. The molecule has 2 rings (SSSR count).